The molecule has 5 nitrogen and oxygen atoms in total. The average Bonchev–Trinajstić information content (AvgIpc) is 3.03. The smallest absolute Gasteiger partial charge is 0.319 e. The maximum absolute atomic E-state index is 12.5. The van der Waals surface area contributed by atoms with Crippen molar-refractivity contribution in [1.29, 1.82) is 0 Å². The van der Waals surface area contributed by atoms with Crippen LogP contribution in [0.2, 0.25) is 0 Å². The number of urea groups is 1. The van der Waals surface area contributed by atoms with Crippen molar-refractivity contribution in [3.05, 3.63) is 28.7 Å². The molecule has 0 saturated heterocycles. The van der Waals surface area contributed by atoms with Gasteiger partial charge in [-0.25, -0.2) is 4.79 Å². The van der Waals surface area contributed by atoms with E-state index in [9.17, 15) is 9.59 Å². The highest BCUT2D eigenvalue weighted by molar-refractivity contribution is 9.10. The van der Waals surface area contributed by atoms with Crippen LogP contribution in [0.15, 0.2) is 28.7 Å². The first-order chi connectivity index (χ1) is 11.5. The van der Waals surface area contributed by atoms with Crippen LogP contribution >= 0.6 is 15.9 Å². The highest BCUT2D eigenvalue weighted by Gasteiger charge is 2.28. The van der Waals surface area contributed by atoms with Crippen molar-refractivity contribution in [2.24, 2.45) is 0 Å². The van der Waals surface area contributed by atoms with E-state index >= 15 is 0 Å². The molecule has 3 amide bonds. The van der Waals surface area contributed by atoms with Crippen LogP contribution < -0.4 is 10.6 Å². The van der Waals surface area contributed by atoms with Gasteiger partial charge in [-0.2, -0.15) is 0 Å². The van der Waals surface area contributed by atoms with Gasteiger partial charge in [-0.05, 0) is 51.0 Å². The molecule has 1 aliphatic rings. The molecule has 0 aliphatic heterocycles. The molecule has 2 N–H and O–H groups in total. The molecule has 0 heterocycles. The monoisotopic (exact) mass is 395 g/mol. The summed E-state index contributed by atoms with van der Waals surface area (Å²) < 4.78 is 0.958. The standard InChI is InChI=1S/C18H26BrN3O2/c1-13(2)22(16-5-3-4-6-16)17(23)11-12-20-18(24)21-15-9-7-14(19)8-10-15/h7-10,13,16H,3-6,11-12H2,1-2H3,(H2,20,21,24). The Bertz CT molecular complexity index is 554. The predicted molar refractivity (Wildman–Crippen MR) is 100 cm³/mol. The molecular weight excluding hydrogens is 370 g/mol. The maximum atomic E-state index is 12.5. The summed E-state index contributed by atoms with van der Waals surface area (Å²) >= 11 is 3.35. The molecule has 6 heteroatoms. The Morgan fingerprint density at radius 2 is 1.83 bits per heavy atom. The molecule has 24 heavy (non-hydrogen) atoms. The Morgan fingerprint density at radius 3 is 2.42 bits per heavy atom. The van der Waals surface area contributed by atoms with E-state index < -0.39 is 0 Å². The number of nitrogens with one attached hydrogen (secondary N) is 2. The minimum atomic E-state index is -0.290. The zero-order chi connectivity index (χ0) is 17.5. The topological polar surface area (TPSA) is 61.4 Å². The van der Waals surface area contributed by atoms with Crippen molar-refractivity contribution in [2.75, 3.05) is 11.9 Å². The minimum Gasteiger partial charge on any atom is -0.337 e. The molecule has 0 aromatic heterocycles. The van der Waals surface area contributed by atoms with Crippen LogP contribution in [0.3, 0.4) is 0 Å². The quantitative estimate of drug-likeness (QED) is 0.759. The summed E-state index contributed by atoms with van der Waals surface area (Å²) in [5, 5.41) is 5.51. The molecule has 132 valence electrons. The molecular formula is C18H26BrN3O2. The summed E-state index contributed by atoms with van der Waals surface area (Å²) in [6, 6.07) is 7.64. The van der Waals surface area contributed by atoms with Gasteiger partial charge in [0.05, 0.1) is 0 Å². The third kappa shape index (κ3) is 5.51. The number of hydrogen-bond donors (Lipinski definition) is 2. The Morgan fingerprint density at radius 1 is 1.21 bits per heavy atom. The van der Waals surface area contributed by atoms with Crippen molar-refractivity contribution in [3.63, 3.8) is 0 Å². The van der Waals surface area contributed by atoms with Crippen LogP contribution in [-0.4, -0.2) is 35.5 Å². The average molecular weight is 396 g/mol. The second kappa shape index (κ2) is 9.06. The van der Waals surface area contributed by atoms with Gasteiger partial charge in [-0.3, -0.25) is 4.79 Å². The number of carbonyl (C=O) groups is 2. The van der Waals surface area contributed by atoms with E-state index in [1.54, 1.807) is 0 Å². The molecule has 1 saturated carbocycles. The molecule has 0 radical (unpaired) electrons. The highest BCUT2D eigenvalue weighted by Crippen LogP contribution is 2.25. The lowest BCUT2D eigenvalue weighted by Crippen LogP contribution is -2.45. The van der Waals surface area contributed by atoms with Gasteiger partial charge in [0.25, 0.3) is 0 Å². The van der Waals surface area contributed by atoms with Gasteiger partial charge in [-0.1, -0.05) is 28.8 Å². The van der Waals surface area contributed by atoms with E-state index in [4.69, 9.17) is 0 Å². The fraction of sp³-hybridized carbons (Fsp3) is 0.556. The Kier molecular flexibility index (Phi) is 7.09. The molecule has 0 spiro atoms. The number of rotatable bonds is 6. The summed E-state index contributed by atoms with van der Waals surface area (Å²) in [6.07, 6.45) is 4.94. The SMILES string of the molecule is CC(C)N(C(=O)CCNC(=O)Nc1ccc(Br)cc1)C1CCCC1. The van der Waals surface area contributed by atoms with E-state index in [1.807, 2.05) is 29.2 Å². The lowest BCUT2D eigenvalue weighted by atomic mass is 10.1. The van der Waals surface area contributed by atoms with E-state index in [0.717, 1.165) is 23.0 Å². The van der Waals surface area contributed by atoms with Crippen molar-refractivity contribution in [1.82, 2.24) is 10.2 Å². The second-order valence-corrected chi connectivity index (χ2v) is 7.39. The van der Waals surface area contributed by atoms with Crippen molar-refractivity contribution >= 4 is 33.6 Å². The number of amides is 3. The van der Waals surface area contributed by atoms with Gasteiger partial charge in [0.1, 0.15) is 0 Å². The predicted octanol–water partition coefficient (Wildman–Crippen LogP) is 4.14. The summed E-state index contributed by atoms with van der Waals surface area (Å²) in [7, 11) is 0. The summed E-state index contributed by atoms with van der Waals surface area (Å²) in [5.41, 5.74) is 0.719. The van der Waals surface area contributed by atoms with Gasteiger partial charge in [0, 0.05) is 35.2 Å². The van der Waals surface area contributed by atoms with Gasteiger partial charge < -0.3 is 15.5 Å². The van der Waals surface area contributed by atoms with E-state index in [-0.39, 0.29) is 18.0 Å². The molecule has 0 bridgehead atoms. The number of carbonyl (C=O) groups excluding carboxylic acids is 2. The minimum absolute atomic E-state index is 0.126. The summed E-state index contributed by atoms with van der Waals surface area (Å²) in [6.45, 7) is 4.46. The fourth-order valence-corrected chi connectivity index (χ4v) is 3.48. The highest BCUT2D eigenvalue weighted by atomic mass is 79.9. The normalized spacial score (nSPS) is 14.7. The van der Waals surface area contributed by atoms with Crippen LogP contribution in [0.4, 0.5) is 10.5 Å². The van der Waals surface area contributed by atoms with Gasteiger partial charge >= 0.3 is 6.03 Å². The molecule has 0 atom stereocenters. The summed E-state index contributed by atoms with van der Waals surface area (Å²) in [4.78, 5) is 26.4. The lowest BCUT2D eigenvalue weighted by molar-refractivity contribution is -0.135. The second-order valence-electron chi connectivity index (χ2n) is 6.47. The number of hydrogen-bond acceptors (Lipinski definition) is 2. The van der Waals surface area contributed by atoms with Crippen LogP contribution in [-0.2, 0) is 4.79 Å². The van der Waals surface area contributed by atoms with Crippen molar-refractivity contribution in [2.45, 2.75) is 58.0 Å². The number of benzene rings is 1. The Labute approximate surface area is 152 Å². The maximum Gasteiger partial charge on any atom is 0.319 e. The first-order valence-electron chi connectivity index (χ1n) is 8.59. The van der Waals surface area contributed by atoms with Crippen LogP contribution in [0, 0.1) is 0 Å². The van der Waals surface area contributed by atoms with E-state index in [2.05, 4.69) is 40.4 Å². The third-order valence-corrected chi connectivity index (χ3v) is 4.82. The lowest BCUT2D eigenvalue weighted by Gasteiger charge is -2.33. The zero-order valence-corrected chi connectivity index (χ0v) is 15.9. The van der Waals surface area contributed by atoms with Crippen molar-refractivity contribution in [3.8, 4) is 0 Å². The Balaban J connectivity index is 1.76. The number of halogens is 1. The first-order valence-corrected chi connectivity index (χ1v) is 9.38. The van der Waals surface area contributed by atoms with Crippen LogP contribution in [0.25, 0.3) is 0 Å². The molecule has 1 aromatic rings. The van der Waals surface area contributed by atoms with Gasteiger partial charge in [-0.15, -0.1) is 0 Å². The van der Waals surface area contributed by atoms with E-state index in [0.29, 0.717) is 19.0 Å². The number of nitrogens with zero attached hydrogens (tertiary/aromatic N) is 1. The van der Waals surface area contributed by atoms with Crippen LogP contribution in [0.1, 0.15) is 46.0 Å². The molecule has 2 rings (SSSR count). The first kappa shape index (κ1) is 18.8. The van der Waals surface area contributed by atoms with Gasteiger partial charge in [0.2, 0.25) is 5.91 Å². The molecule has 0 unspecified atom stereocenters. The van der Waals surface area contributed by atoms with Crippen LogP contribution in [0.5, 0.6) is 0 Å². The van der Waals surface area contributed by atoms with Crippen molar-refractivity contribution < 1.29 is 9.59 Å². The van der Waals surface area contributed by atoms with E-state index in [1.165, 1.54) is 12.8 Å². The zero-order valence-electron chi connectivity index (χ0n) is 14.3. The largest absolute Gasteiger partial charge is 0.337 e. The van der Waals surface area contributed by atoms with Gasteiger partial charge in [0.15, 0.2) is 0 Å². The third-order valence-electron chi connectivity index (χ3n) is 4.29. The molecule has 1 aliphatic carbocycles. The molecule has 1 aromatic carbocycles. The molecule has 1 fully saturated rings. The number of anilines is 1. The Hall–Kier alpha value is -1.56. The fourth-order valence-electron chi connectivity index (χ4n) is 3.22. The summed E-state index contributed by atoms with van der Waals surface area (Å²) in [5.74, 6) is 0.126.